The quantitative estimate of drug-likeness (QED) is 0.726. The van der Waals surface area contributed by atoms with Crippen LogP contribution < -0.4 is 5.32 Å². The summed E-state index contributed by atoms with van der Waals surface area (Å²) < 4.78 is 41.1. The molecule has 1 fully saturated rings. The lowest BCUT2D eigenvalue weighted by atomic mass is 10.1. The second-order valence-corrected chi connectivity index (χ2v) is 7.77. The number of nitrogens with one attached hydrogen (secondary N) is 1. The van der Waals surface area contributed by atoms with Gasteiger partial charge in [-0.1, -0.05) is 12.1 Å². The van der Waals surface area contributed by atoms with Gasteiger partial charge in [-0.25, -0.2) is 0 Å². The number of nitriles is 1. The lowest BCUT2D eigenvalue weighted by molar-refractivity contribution is -0.176. The summed E-state index contributed by atoms with van der Waals surface area (Å²) in [5, 5.41) is 11.6. The monoisotopic (exact) mass is 449 g/mol. The van der Waals surface area contributed by atoms with Crippen LogP contribution in [0.1, 0.15) is 21.5 Å². The van der Waals surface area contributed by atoms with Crippen LogP contribution in [0.3, 0.4) is 0 Å². The Kier molecular flexibility index (Phi) is 7.20. The Hall–Kier alpha value is -3.03. The van der Waals surface area contributed by atoms with Gasteiger partial charge in [0.25, 0.3) is 5.91 Å². The molecule has 2 aromatic rings. The number of ether oxygens (including phenoxy) is 1. The Balaban J connectivity index is 1.60. The van der Waals surface area contributed by atoms with E-state index in [-0.39, 0.29) is 18.4 Å². The van der Waals surface area contributed by atoms with Crippen molar-refractivity contribution < 1.29 is 27.5 Å². The van der Waals surface area contributed by atoms with Crippen molar-refractivity contribution in [2.24, 2.45) is 0 Å². The number of alkyl halides is 3. The number of rotatable bonds is 6. The van der Waals surface area contributed by atoms with Gasteiger partial charge in [0, 0.05) is 17.0 Å². The molecule has 0 saturated carbocycles. The largest absolute Gasteiger partial charge is 0.411 e. The summed E-state index contributed by atoms with van der Waals surface area (Å²) in [6.45, 7) is -1.56. The van der Waals surface area contributed by atoms with E-state index in [0.717, 1.165) is 0 Å². The van der Waals surface area contributed by atoms with Crippen molar-refractivity contribution in [3.05, 3.63) is 65.2 Å². The van der Waals surface area contributed by atoms with Gasteiger partial charge in [0.1, 0.15) is 12.6 Å². The van der Waals surface area contributed by atoms with Crippen LogP contribution in [-0.2, 0) is 16.1 Å². The van der Waals surface area contributed by atoms with Crippen molar-refractivity contribution in [1.29, 1.82) is 5.26 Å². The summed E-state index contributed by atoms with van der Waals surface area (Å²) in [6, 6.07) is 13.8. The molecule has 6 nitrogen and oxygen atoms in total. The van der Waals surface area contributed by atoms with Gasteiger partial charge < -0.3 is 15.0 Å². The molecule has 1 N–H and O–H groups in total. The molecule has 10 heteroatoms. The summed E-state index contributed by atoms with van der Waals surface area (Å²) in [5.41, 5.74) is 1.83. The number of hydrogen-bond acceptors (Lipinski definition) is 5. The molecule has 2 amide bonds. The normalized spacial score (nSPS) is 16.1. The fourth-order valence-electron chi connectivity index (χ4n) is 2.91. The third-order valence-electron chi connectivity index (χ3n) is 4.46. The first-order valence-corrected chi connectivity index (χ1v) is 10.4. The Morgan fingerprint density at radius 1 is 1.16 bits per heavy atom. The van der Waals surface area contributed by atoms with Gasteiger partial charge in [-0.05, 0) is 42.0 Å². The predicted octanol–water partition coefficient (Wildman–Crippen LogP) is 3.79. The second-order valence-electron chi connectivity index (χ2n) is 6.77. The van der Waals surface area contributed by atoms with Gasteiger partial charge in [0.15, 0.2) is 0 Å². The molecule has 0 aliphatic carbocycles. The molecule has 1 saturated heterocycles. The first-order valence-electron chi connectivity index (χ1n) is 9.20. The molecule has 0 bridgehead atoms. The maximum absolute atomic E-state index is 12.9. The van der Waals surface area contributed by atoms with E-state index < -0.39 is 18.8 Å². The number of halogens is 3. The lowest BCUT2D eigenvalue weighted by Gasteiger charge is -2.23. The van der Waals surface area contributed by atoms with Crippen LogP contribution in [0.25, 0.3) is 0 Å². The topological polar surface area (TPSA) is 82.4 Å². The summed E-state index contributed by atoms with van der Waals surface area (Å²) in [4.78, 5) is 27.0. The molecule has 1 unspecified atom stereocenters. The maximum Gasteiger partial charge on any atom is 0.411 e. The van der Waals surface area contributed by atoms with E-state index in [2.05, 4.69) is 10.1 Å². The van der Waals surface area contributed by atoms with Crippen molar-refractivity contribution >= 4 is 29.3 Å². The van der Waals surface area contributed by atoms with E-state index in [4.69, 9.17) is 5.26 Å². The average molecular weight is 449 g/mol. The number of anilines is 1. The van der Waals surface area contributed by atoms with Gasteiger partial charge >= 0.3 is 6.18 Å². The van der Waals surface area contributed by atoms with Crippen molar-refractivity contribution in [2.45, 2.75) is 18.8 Å². The van der Waals surface area contributed by atoms with Gasteiger partial charge in [0.2, 0.25) is 5.91 Å². The number of carbonyl (C=O) groups is 2. The first kappa shape index (κ1) is 22.7. The van der Waals surface area contributed by atoms with Crippen LogP contribution in [-0.4, -0.2) is 47.2 Å². The summed E-state index contributed by atoms with van der Waals surface area (Å²) in [6.07, 6.45) is -4.39. The molecule has 2 aromatic carbocycles. The van der Waals surface area contributed by atoms with Crippen LogP contribution >= 0.6 is 11.8 Å². The van der Waals surface area contributed by atoms with Crippen LogP contribution in [0.15, 0.2) is 48.5 Å². The number of benzene rings is 2. The van der Waals surface area contributed by atoms with Gasteiger partial charge in [-0.2, -0.15) is 18.4 Å². The van der Waals surface area contributed by atoms with E-state index >= 15 is 0 Å². The number of thioether (sulfide) groups is 1. The highest BCUT2D eigenvalue weighted by atomic mass is 32.2. The van der Waals surface area contributed by atoms with Crippen molar-refractivity contribution in [3.63, 3.8) is 0 Å². The smallest absolute Gasteiger partial charge is 0.367 e. The predicted molar refractivity (Wildman–Crippen MR) is 109 cm³/mol. The third kappa shape index (κ3) is 6.23. The molecule has 1 aliphatic rings. The highest BCUT2D eigenvalue weighted by molar-refractivity contribution is 7.99. The maximum atomic E-state index is 12.9. The molecule has 0 radical (unpaired) electrons. The van der Waals surface area contributed by atoms with E-state index in [9.17, 15) is 22.8 Å². The second kappa shape index (κ2) is 9.85. The summed E-state index contributed by atoms with van der Waals surface area (Å²) in [7, 11) is 0. The molecule has 3 rings (SSSR count). The molecule has 1 heterocycles. The molecule has 1 atom stereocenters. The van der Waals surface area contributed by atoms with Gasteiger partial charge in [0.05, 0.1) is 24.1 Å². The molecule has 162 valence electrons. The van der Waals surface area contributed by atoms with Crippen molar-refractivity contribution in [3.8, 4) is 6.07 Å². The van der Waals surface area contributed by atoms with Crippen LogP contribution in [0.2, 0.25) is 0 Å². The highest BCUT2D eigenvalue weighted by Gasteiger charge is 2.35. The highest BCUT2D eigenvalue weighted by Crippen LogP contribution is 2.25. The zero-order valence-electron chi connectivity index (χ0n) is 16.2. The number of carbonyl (C=O) groups excluding carboxylic acids is 2. The zero-order valence-corrected chi connectivity index (χ0v) is 17.0. The summed E-state index contributed by atoms with van der Waals surface area (Å²) in [5.74, 6) is 0.116. The Morgan fingerprint density at radius 2 is 1.84 bits per heavy atom. The lowest BCUT2D eigenvalue weighted by Crippen LogP contribution is -2.44. The number of hydrogen-bond donors (Lipinski definition) is 1. The minimum atomic E-state index is -4.39. The van der Waals surface area contributed by atoms with Crippen LogP contribution in [0.4, 0.5) is 18.9 Å². The molecule has 0 aromatic heterocycles. The Bertz CT molecular complexity index is 973. The Labute approximate surface area is 181 Å². The summed E-state index contributed by atoms with van der Waals surface area (Å²) >= 11 is 1.45. The zero-order chi connectivity index (χ0) is 22.4. The molecular weight excluding hydrogens is 431 g/mol. The number of nitrogens with zero attached hydrogens (tertiary/aromatic N) is 2. The first-order chi connectivity index (χ1) is 14.8. The van der Waals surface area contributed by atoms with E-state index in [1.165, 1.54) is 40.9 Å². The van der Waals surface area contributed by atoms with E-state index in [0.29, 0.717) is 34.0 Å². The molecular formula is C21H18F3N3O3S. The molecule has 31 heavy (non-hydrogen) atoms. The molecule has 0 spiro atoms. The molecule has 1 aliphatic heterocycles. The third-order valence-corrected chi connectivity index (χ3v) is 5.47. The van der Waals surface area contributed by atoms with Crippen LogP contribution in [0.5, 0.6) is 0 Å². The minimum Gasteiger partial charge on any atom is -0.367 e. The fourth-order valence-corrected chi connectivity index (χ4v) is 4.06. The van der Waals surface area contributed by atoms with E-state index in [1.807, 2.05) is 6.07 Å². The number of amides is 2. The average Bonchev–Trinajstić information content (AvgIpc) is 3.23. The standard InChI is InChI=1S/C21H18F3N3O3S/c22-21(23,24)12-30-10-15-1-5-16(6-2-15)20(29)27-13-31-11-18(27)19(28)26-17-7-3-14(9-25)4-8-17/h1-8,18H,10-13H2,(H,26,28). The fraction of sp³-hybridized carbons (Fsp3) is 0.286. The van der Waals surface area contributed by atoms with Gasteiger partial charge in [-0.3, -0.25) is 9.59 Å². The Morgan fingerprint density at radius 3 is 2.45 bits per heavy atom. The SMILES string of the molecule is N#Cc1ccc(NC(=O)C2CSCN2C(=O)c2ccc(COCC(F)(F)F)cc2)cc1. The minimum absolute atomic E-state index is 0.219. The van der Waals surface area contributed by atoms with Crippen LogP contribution in [0, 0.1) is 11.3 Å². The van der Waals surface area contributed by atoms with Gasteiger partial charge in [-0.15, -0.1) is 11.8 Å². The van der Waals surface area contributed by atoms with Crippen molar-refractivity contribution in [1.82, 2.24) is 4.90 Å². The van der Waals surface area contributed by atoms with E-state index in [1.54, 1.807) is 24.3 Å². The van der Waals surface area contributed by atoms with Crippen molar-refractivity contribution in [2.75, 3.05) is 23.6 Å².